The van der Waals surface area contributed by atoms with Crippen molar-refractivity contribution in [2.45, 2.75) is 19.3 Å². The molecule has 132 valence electrons. The maximum absolute atomic E-state index is 12.0. The van der Waals surface area contributed by atoms with Crippen LogP contribution in [0.1, 0.15) is 19.3 Å². The monoisotopic (exact) mass is 341 g/mol. The molecule has 2 N–H and O–H groups in total. The van der Waals surface area contributed by atoms with E-state index in [0.717, 1.165) is 30.6 Å². The molecule has 1 aliphatic rings. The third-order valence-electron chi connectivity index (χ3n) is 4.25. The van der Waals surface area contributed by atoms with Gasteiger partial charge in [0.25, 0.3) is 0 Å². The highest BCUT2D eigenvalue weighted by Gasteiger charge is 2.19. The van der Waals surface area contributed by atoms with Crippen LogP contribution in [0.3, 0.4) is 0 Å². The van der Waals surface area contributed by atoms with Gasteiger partial charge >= 0.3 is 6.03 Å². The van der Waals surface area contributed by atoms with Gasteiger partial charge in [0.2, 0.25) is 5.91 Å². The zero-order chi connectivity index (χ0) is 17.6. The fraction of sp³-hybridized carbons (Fsp3) is 0.389. The van der Waals surface area contributed by atoms with Gasteiger partial charge in [-0.25, -0.2) is 4.79 Å². The van der Waals surface area contributed by atoms with Crippen LogP contribution in [-0.4, -0.2) is 46.3 Å². The molecular weight excluding hydrogens is 318 g/mol. The number of benzene rings is 1. The first kappa shape index (κ1) is 17.0. The molecule has 0 unspecified atom stereocenters. The Kier molecular flexibility index (Phi) is 5.33. The van der Waals surface area contributed by atoms with E-state index < -0.39 is 0 Å². The number of anilines is 1. The zero-order valence-corrected chi connectivity index (χ0v) is 14.4. The van der Waals surface area contributed by atoms with Crippen molar-refractivity contribution >= 4 is 17.8 Å². The van der Waals surface area contributed by atoms with Crippen LogP contribution in [-0.2, 0) is 11.8 Å². The van der Waals surface area contributed by atoms with Crippen molar-refractivity contribution < 1.29 is 9.59 Å². The molecule has 7 nitrogen and oxygen atoms in total. The van der Waals surface area contributed by atoms with Crippen LogP contribution in [0.5, 0.6) is 0 Å². The highest BCUT2D eigenvalue weighted by Crippen LogP contribution is 2.21. The van der Waals surface area contributed by atoms with Crippen LogP contribution in [0, 0.1) is 0 Å². The number of hydrogen-bond donors (Lipinski definition) is 2. The predicted octanol–water partition coefficient (Wildman–Crippen LogP) is 2.22. The van der Waals surface area contributed by atoms with E-state index in [9.17, 15) is 9.59 Å². The Morgan fingerprint density at radius 3 is 2.80 bits per heavy atom. The molecule has 25 heavy (non-hydrogen) atoms. The van der Waals surface area contributed by atoms with Crippen molar-refractivity contribution in [3.05, 3.63) is 36.4 Å². The van der Waals surface area contributed by atoms with Crippen LogP contribution < -0.4 is 10.6 Å². The minimum atomic E-state index is -0.287. The number of carbonyl (C=O) groups excluding carboxylic acids is 2. The molecule has 0 atom stereocenters. The van der Waals surface area contributed by atoms with E-state index >= 15 is 0 Å². The predicted molar refractivity (Wildman–Crippen MR) is 96.1 cm³/mol. The van der Waals surface area contributed by atoms with Crippen molar-refractivity contribution in [2.75, 3.05) is 25.0 Å². The van der Waals surface area contributed by atoms with Gasteiger partial charge < -0.3 is 10.2 Å². The maximum atomic E-state index is 12.0. The molecule has 2 aromatic rings. The SMILES string of the molecule is Cn1nc(NC(=O)NCCCN2CCCC2=O)cc1-c1ccccc1. The van der Waals surface area contributed by atoms with Gasteiger partial charge in [0.15, 0.2) is 5.82 Å². The van der Waals surface area contributed by atoms with Crippen LogP contribution in [0.2, 0.25) is 0 Å². The van der Waals surface area contributed by atoms with Gasteiger partial charge in [-0.1, -0.05) is 30.3 Å². The van der Waals surface area contributed by atoms with E-state index in [0.29, 0.717) is 25.3 Å². The molecule has 1 aliphatic heterocycles. The van der Waals surface area contributed by atoms with Crippen LogP contribution in [0.4, 0.5) is 10.6 Å². The van der Waals surface area contributed by atoms with Crippen molar-refractivity contribution in [3.8, 4) is 11.3 Å². The quantitative estimate of drug-likeness (QED) is 0.791. The Balaban J connectivity index is 1.46. The molecule has 0 radical (unpaired) electrons. The second kappa shape index (κ2) is 7.83. The first-order valence-corrected chi connectivity index (χ1v) is 8.55. The van der Waals surface area contributed by atoms with Gasteiger partial charge in [-0.15, -0.1) is 0 Å². The number of nitrogens with one attached hydrogen (secondary N) is 2. The number of hydrogen-bond acceptors (Lipinski definition) is 3. The van der Waals surface area contributed by atoms with E-state index in [1.54, 1.807) is 4.68 Å². The Hall–Kier alpha value is -2.83. The molecule has 0 aliphatic carbocycles. The van der Waals surface area contributed by atoms with Gasteiger partial charge in [0, 0.05) is 39.2 Å². The van der Waals surface area contributed by atoms with Crippen LogP contribution in [0.25, 0.3) is 11.3 Å². The zero-order valence-electron chi connectivity index (χ0n) is 14.4. The first-order valence-electron chi connectivity index (χ1n) is 8.55. The summed E-state index contributed by atoms with van der Waals surface area (Å²) in [7, 11) is 1.85. The maximum Gasteiger partial charge on any atom is 0.320 e. The number of amides is 3. The molecule has 1 saturated heterocycles. The van der Waals surface area contributed by atoms with Gasteiger partial charge in [-0.3, -0.25) is 14.8 Å². The van der Waals surface area contributed by atoms with Gasteiger partial charge in [-0.05, 0) is 18.4 Å². The lowest BCUT2D eigenvalue weighted by Crippen LogP contribution is -2.33. The van der Waals surface area contributed by atoms with Gasteiger partial charge in [0.05, 0.1) is 5.69 Å². The van der Waals surface area contributed by atoms with Crippen LogP contribution in [0.15, 0.2) is 36.4 Å². The minimum absolute atomic E-state index is 0.214. The lowest BCUT2D eigenvalue weighted by atomic mass is 10.1. The molecule has 0 bridgehead atoms. The summed E-state index contributed by atoms with van der Waals surface area (Å²) in [5.41, 5.74) is 1.98. The lowest BCUT2D eigenvalue weighted by molar-refractivity contribution is -0.127. The molecule has 1 aromatic heterocycles. The van der Waals surface area contributed by atoms with Crippen molar-refractivity contribution in [2.24, 2.45) is 7.05 Å². The summed E-state index contributed by atoms with van der Waals surface area (Å²) in [6.45, 7) is 2.05. The number of urea groups is 1. The van der Waals surface area contributed by atoms with Crippen molar-refractivity contribution in [3.63, 3.8) is 0 Å². The van der Waals surface area contributed by atoms with E-state index in [1.165, 1.54) is 0 Å². The molecule has 0 spiro atoms. The van der Waals surface area contributed by atoms with Gasteiger partial charge in [0.1, 0.15) is 0 Å². The molecule has 2 heterocycles. The normalized spacial score (nSPS) is 14.0. The smallest absolute Gasteiger partial charge is 0.320 e. The summed E-state index contributed by atoms with van der Waals surface area (Å²) in [6, 6.07) is 11.5. The number of aryl methyl sites for hydroxylation is 1. The van der Waals surface area contributed by atoms with E-state index in [2.05, 4.69) is 15.7 Å². The molecule has 7 heteroatoms. The van der Waals surface area contributed by atoms with E-state index in [4.69, 9.17) is 0 Å². The highest BCUT2D eigenvalue weighted by molar-refractivity contribution is 5.88. The average molecular weight is 341 g/mol. The molecule has 1 fully saturated rings. The minimum Gasteiger partial charge on any atom is -0.343 e. The second-order valence-electron chi connectivity index (χ2n) is 6.12. The van der Waals surface area contributed by atoms with E-state index in [1.807, 2.05) is 48.3 Å². The molecular formula is C18H23N5O2. The summed E-state index contributed by atoms with van der Waals surface area (Å²) in [5, 5.41) is 9.87. The first-order chi connectivity index (χ1) is 12.1. The largest absolute Gasteiger partial charge is 0.343 e. The third-order valence-corrected chi connectivity index (χ3v) is 4.25. The molecule has 3 rings (SSSR count). The lowest BCUT2D eigenvalue weighted by Gasteiger charge is -2.15. The number of rotatable bonds is 6. The highest BCUT2D eigenvalue weighted by atomic mass is 16.2. The standard InChI is InChI=1S/C18H23N5O2/c1-22-15(14-7-3-2-4-8-14)13-16(21-22)20-18(25)19-10-6-12-23-11-5-9-17(23)24/h2-4,7-8,13H,5-6,9-12H2,1H3,(H2,19,20,21,25). The summed E-state index contributed by atoms with van der Waals surface area (Å²) in [4.78, 5) is 25.3. The number of likely N-dealkylation sites (tertiary alicyclic amines) is 1. The number of aromatic nitrogens is 2. The average Bonchev–Trinajstić information content (AvgIpc) is 3.18. The Labute approximate surface area is 147 Å². The van der Waals surface area contributed by atoms with Crippen molar-refractivity contribution in [1.82, 2.24) is 20.0 Å². The number of carbonyl (C=O) groups is 2. The third kappa shape index (κ3) is 4.37. The number of nitrogens with zero attached hydrogens (tertiary/aromatic N) is 3. The fourth-order valence-electron chi connectivity index (χ4n) is 2.98. The van der Waals surface area contributed by atoms with Gasteiger partial charge in [-0.2, -0.15) is 5.10 Å². The summed E-state index contributed by atoms with van der Waals surface area (Å²) < 4.78 is 1.74. The van der Waals surface area contributed by atoms with Crippen molar-refractivity contribution in [1.29, 1.82) is 0 Å². The summed E-state index contributed by atoms with van der Waals surface area (Å²) >= 11 is 0. The Morgan fingerprint density at radius 1 is 1.28 bits per heavy atom. The second-order valence-corrected chi connectivity index (χ2v) is 6.12. The Bertz CT molecular complexity index is 741. The summed E-state index contributed by atoms with van der Waals surface area (Å²) in [5.74, 6) is 0.722. The van der Waals surface area contributed by atoms with E-state index in [-0.39, 0.29) is 11.9 Å². The van der Waals surface area contributed by atoms with Crippen LogP contribution >= 0.6 is 0 Å². The molecule has 0 saturated carbocycles. The molecule has 1 aromatic carbocycles. The fourth-order valence-corrected chi connectivity index (χ4v) is 2.98. The Morgan fingerprint density at radius 2 is 2.08 bits per heavy atom. The summed E-state index contributed by atoms with van der Waals surface area (Å²) in [6.07, 6.45) is 2.34. The topological polar surface area (TPSA) is 79.3 Å². The molecule has 3 amide bonds.